The van der Waals surface area contributed by atoms with Crippen LogP contribution in [0.4, 0.5) is 0 Å². The van der Waals surface area contributed by atoms with E-state index in [1.54, 1.807) is 24.3 Å². The standard InChI is InChI=1S/C15H11BrO4/c16-11-2-1-3-12(7-11)18-8-13(17)10-4-5-14-15(6-10)20-9-19-14/h1-7H,8-9H2. The Morgan fingerprint density at radius 3 is 2.85 bits per heavy atom. The summed E-state index contributed by atoms with van der Waals surface area (Å²) in [5, 5.41) is 0. The molecule has 1 heterocycles. The highest BCUT2D eigenvalue weighted by molar-refractivity contribution is 9.10. The fourth-order valence-corrected chi connectivity index (χ4v) is 2.24. The number of hydrogen-bond acceptors (Lipinski definition) is 4. The SMILES string of the molecule is O=C(COc1cccc(Br)c1)c1ccc2c(c1)OCO2. The molecule has 0 amide bonds. The zero-order chi connectivity index (χ0) is 13.9. The molecule has 2 aromatic carbocycles. The van der Waals surface area contributed by atoms with Gasteiger partial charge in [0.15, 0.2) is 23.9 Å². The van der Waals surface area contributed by atoms with Gasteiger partial charge in [-0.1, -0.05) is 22.0 Å². The largest absolute Gasteiger partial charge is 0.485 e. The van der Waals surface area contributed by atoms with Crippen LogP contribution < -0.4 is 14.2 Å². The molecule has 4 nitrogen and oxygen atoms in total. The number of benzene rings is 2. The van der Waals surface area contributed by atoms with Crippen molar-refractivity contribution >= 4 is 21.7 Å². The lowest BCUT2D eigenvalue weighted by atomic mass is 10.1. The fourth-order valence-electron chi connectivity index (χ4n) is 1.86. The number of fused-ring (bicyclic) bond motifs is 1. The van der Waals surface area contributed by atoms with Gasteiger partial charge in [-0.25, -0.2) is 0 Å². The van der Waals surface area contributed by atoms with Crippen molar-refractivity contribution in [1.29, 1.82) is 0 Å². The van der Waals surface area contributed by atoms with Crippen molar-refractivity contribution in [2.45, 2.75) is 0 Å². The number of carbonyl (C=O) groups is 1. The maximum absolute atomic E-state index is 12.1. The molecule has 102 valence electrons. The molecule has 0 aromatic heterocycles. The molecule has 5 heteroatoms. The van der Waals surface area contributed by atoms with Gasteiger partial charge in [-0.05, 0) is 36.4 Å². The predicted octanol–water partition coefficient (Wildman–Crippen LogP) is 3.44. The van der Waals surface area contributed by atoms with Crippen molar-refractivity contribution < 1.29 is 19.0 Å². The maximum atomic E-state index is 12.1. The molecule has 1 aliphatic heterocycles. The summed E-state index contributed by atoms with van der Waals surface area (Å²) in [4.78, 5) is 12.1. The van der Waals surface area contributed by atoms with E-state index in [2.05, 4.69) is 15.9 Å². The second-order valence-electron chi connectivity index (χ2n) is 4.24. The smallest absolute Gasteiger partial charge is 0.231 e. The molecular formula is C15H11BrO4. The Morgan fingerprint density at radius 2 is 2.00 bits per heavy atom. The van der Waals surface area contributed by atoms with E-state index in [1.807, 2.05) is 18.2 Å². The van der Waals surface area contributed by atoms with Gasteiger partial charge >= 0.3 is 0 Å². The van der Waals surface area contributed by atoms with Gasteiger partial charge in [0.05, 0.1) is 0 Å². The zero-order valence-electron chi connectivity index (χ0n) is 10.5. The maximum Gasteiger partial charge on any atom is 0.231 e. The molecule has 0 unspecified atom stereocenters. The summed E-state index contributed by atoms with van der Waals surface area (Å²) in [6, 6.07) is 12.5. The zero-order valence-corrected chi connectivity index (χ0v) is 12.1. The number of Topliss-reactive ketones (excluding diaryl/α,β-unsaturated/α-hetero) is 1. The number of carbonyl (C=O) groups excluding carboxylic acids is 1. The quantitative estimate of drug-likeness (QED) is 0.803. The van der Waals surface area contributed by atoms with Crippen LogP contribution in [0.3, 0.4) is 0 Å². The molecule has 0 saturated carbocycles. The molecule has 0 aliphatic carbocycles. The van der Waals surface area contributed by atoms with Crippen molar-refractivity contribution in [3.63, 3.8) is 0 Å². The number of ether oxygens (including phenoxy) is 3. The second kappa shape index (κ2) is 5.54. The van der Waals surface area contributed by atoms with E-state index in [0.717, 1.165) is 4.47 Å². The van der Waals surface area contributed by atoms with Crippen LogP contribution >= 0.6 is 15.9 Å². The molecule has 0 N–H and O–H groups in total. The van der Waals surface area contributed by atoms with E-state index in [4.69, 9.17) is 14.2 Å². The number of ketones is 1. The third-order valence-corrected chi connectivity index (χ3v) is 3.35. The highest BCUT2D eigenvalue weighted by atomic mass is 79.9. The van der Waals surface area contributed by atoms with Crippen LogP contribution in [-0.2, 0) is 0 Å². The summed E-state index contributed by atoms with van der Waals surface area (Å²) in [7, 11) is 0. The van der Waals surface area contributed by atoms with Crippen LogP contribution in [0, 0.1) is 0 Å². The van der Waals surface area contributed by atoms with E-state index in [1.165, 1.54) is 0 Å². The van der Waals surface area contributed by atoms with Gasteiger partial charge in [0, 0.05) is 10.0 Å². The van der Waals surface area contributed by atoms with Crippen LogP contribution in [0.15, 0.2) is 46.9 Å². The average Bonchev–Trinajstić information content (AvgIpc) is 2.92. The summed E-state index contributed by atoms with van der Waals surface area (Å²) in [6.07, 6.45) is 0. The lowest BCUT2D eigenvalue weighted by Gasteiger charge is -2.06. The Bertz CT molecular complexity index is 654. The van der Waals surface area contributed by atoms with E-state index < -0.39 is 0 Å². The molecule has 20 heavy (non-hydrogen) atoms. The molecule has 0 bridgehead atoms. The monoisotopic (exact) mass is 334 g/mol. The molecule has 0 atom stereocenters. The Kier molecular flexibility index (Phi) is 3.60. The molecular weight excluding hydrogens is 324 g/mol. The van der Waals surface area contributed by atoms with Gasteiger partial charge in [0.2, 0.25) is 6.79 Å². The summed E-state index contributed by atoms with van der Waals surface area (Å²) >= 11 is 3.35. The predicted molar refractivity (Wildman–Crippen MR) is 76.5 cm³/mol. The van der Waals surface area contributed by atoms with E-state index in [0.29, 0.717) is 22.8 Å². The lowest BCUT2D eigenvalue weighted by Crippen LogP contribution is -2.11. The van der Waals surface area contributed by atoms with Crippen molar-refractivity contribution in [3.8, 4) is 17.2 Å². The van der Waals surface area contributed by atoms with E-state index >= 15 is 0 Å². The van der Waals surface area contributed by atoms with Gasteiger partial charge in [-0.2, -0.15) is 0 Å². The van der Waals surface area contributed by atoms with Gasteiger partial charge in [-0.15, -0.1) is 0 Å². The van der Waals surface area contributed by atoms with Crippen LogP contribution in [0.25, 0.3) is 0 Å². The van der Waals surface area contributed by atoms with Crippen LogP contribution in [-0.4, -0.2) is 19.2 Å². The van der Waals surface area contributed by atoms with Crippen molar-refractivity contribution in [2.75, 3.05) is 13.4 Å². The Morgan fingerprint density at radius 1 is 1.15 bits per heavy atom. The van der Waals surface area contributed by atoms with Crippen molar-refractivity contribution in [1.82, 2.24) is 0 Å². The van der Waals surface area contributed by atoms with Crippen LogP contribution in [0.1, 0.15) is 10.4 Å². The molecule has 0 saturated heterocycles. The van der Waals surface area contributed by atoms with Crippen molar-refractivity contribution in [3.05, 3.63) is 52.5 Å². The fraction of sp³-hybridized carbons (Fsp3) is 0.133. The van der Waals surface area contributed by atoms with Gasteiger partial charge in [0.1, 0.15) is 5.75 Å². The van der Waals surface area contributed by atoms with E-state index in [9.17, 15) is 4.79 Å². The molecule has 2 aromatic rings. The topological polar surface area (TPSA) is 44.8 Å². The minimum atomic E-state index is -0.108. The van der Waals surface area contributed by atoms with Gasteiger partial charge < -0.3 is 14.2 Å². The summed E-state index contributed by atoms with van der Waals surface area (Å²) < 4.78 is 16.8. The minimum Gasteiger partial charge on any atom is -0.485 e. The Hall–Kier alpha value is -2.01. The molecule has 0 spiro atoms. The minimum absolute atomic E-state index is 0.0178. The van der Waals surface area contributed by atoms with Crippen molar-refractivity contribution in [2.24, 2.45) is 0 Å². The van der Waals surface area contributed by atoms with Gasteiger partial charge in [0.25, 0.3) is 0 Å². The number of halogens is 1. The molecule has 3 rings (SSSR count). The Balaban J connectivity index is 1.67. The first kappa shape index (κ1) is 13.0. The third kappa shape index (κ3) is 2.77. The average molecular weight is 335 g/mol. The third-order valence-electron chi connectivity index (χ3n) is 2.86. The van der Waals surface area contributed by atoms with Crippen LogP contribution in [0.5, 0.6) is 17.2 Å². The lowest BCUT2D eigenvalue weighted by molar-refractivity contribution is 0.0921. The first-order chi connectivity index (χ1) is 9.72. The van der Waals surface area contributed by atoms with Crippen LogP contribution in [0.2, 0.25) is 0 Å². The second-order valence-corrected chi connectivity index (χ2v) is 5.15. The molecule has 0 radical (unpaired) electrons. The highest BCUT2D eigenvalue weighted by Crippen LogP contribution is 2.32. The first-order valence-electron chi connectivity index (χ1n) is 6.03. The highest BCUT2D eigenvalue weighted by Gasteiger charge is 2.16. The molecule has 1 aliphatic rings. The summed E-state index contributed by atoms with van der Waals surface area (Å²) in [6.45, 7) is 0.178. The number of hydrogen-bond donors (Lipinski definition) is 0. The Labute approximate surface area is 124 Å². The first-order valence-corrected chi connectivity index (χ1v) is 6.83. The summed E-state index contributed by atoms with van der Waals surface area (Å²) in [5.41, 5.74) is 0.546. The number of rotatable bonds is 4. The summed E-state index contributed by atoms with van der Waals surface area (Å²) in [5.74, 6) is 1.80. The normalized spacial score (nSPS) is 12.2. The molecule has 0 fully saturated rings. The van der Waals surface area contributed by atoms with Gasteiger partial charge in [-0.3, -0.25) is 4.79 Å². The van der Waals surface area contributed by atoms with E-state index in [-0.39, 0.29) is 19.2 Å².